The van der Waals surface area contributed by atoms with Crippen LogP contribution in [0.2, 0.25) is 0 Å². The Bertz CT molecular complexity index is 1230. The molecule has 1 aromatic heterocycles. The van der Waals surface area contributed by atoms with Crippen molar-refractivity contribution in [3.05, 3.63) is 77.8 Å². The van der Waals surface area contributed by atoms with E-state index in [0.717, 1.165) is 36.6 Å². The summed E-state index contributed by atoms with van der Waals surface area (Å²) >= 11 is 0. The van der Waals surface area contributed by atoms with Gasteiger partial charge in [-0.1, -0.05) is 51.1 Å². The van der Waals surface area contributed by atoms with E-state index in [-0.39, 0.29) is 30.4 Å². The minimum atomic E-state index is -1.43. The fourth-order valence-corrected chi connectivity index (χ4v) is 5.04. The van der Waals surface area contributed by atoms with Gasteiger partial charge >= 0.3 is 6.03 Å². The minimum absolute atomic E-state index is 0.0217. The number of likely N-dealkylation sites (tertiary alicyclic amines) is 1. The van der Waals surface area contributed by atoms with Crippen molar-refractivity contribution in [1.29, 1.82) is 0 Å². The number of alkyl halides is 1. The van der Waals surface area contributed by atoms with E-state index in [4.69, 9.17) is 10.7 Å². The van der Waals surface area contributed by atoms with Crippen LogP contribution >= 0.6 is 0 Å². The molecule has 38 heavy (non-hydrogen) atoms. The fourth-order valence-electron chi connectivity index (χ4n) is 5.04. The van der Waals surface area contributed by atoms with E-state index in [2.05, 4.69) is 0 Å². The molecule has 2 aromatic carbocycles. The minimum Gasteiger partial charge on any atom is -0.328 e. The maximum atomic E-state index is 14.9. The van der Waals surface area contributed by atoms with Crippen LogP contribution in [0.1, 0.15) is 51.0 Å². The van der Waals surface area contributed by atoms with Gasteiger partial charge in [-0.2, -0.15) is 0 Å². The molecule has 0 radical (unpaired) electrons. The smallest absolute Gasteiger partial charge is 0.320 e. The molecule has 4 rings (SSSR count). The summed E-state index contributed by atoms with van der Waals surface area (Å²) in [5.74, 6) is -0.717. The van der Waals surface area contributed by atoms with Gasteiger partial charge in [0.15, 0.2) is 0 Å². The third kappa shape index (κ3) is 6.20. The lowest BCUT2D eigenvalue weighted by Crippen LogP contribution is -2.51. The molecule has 0 aliphatic carbocycles. The van der Waals surface area contributed by atoms with Crippen LogP contribution in [0.4, 0.5) is 18.0 Å². The van der Waals surface area contributed by atoms with Crippen LogP contribution < -0.4 is 5.73 Å². The molecule has 1 aliphatic heterocycles. The van der Waals surface area contributed by atoms with E-state index >= 15 is 0 Å². The third-order valence-corrected chi connectivity index (χ3v) is 6.86. The Hall–Kier alpha value is -3.33. The first kappa shape index (κ1) is 27.7. The molecule has 0 bridgehead atoms. The van der Waals surface area contributed by atoms with Crippen LogP contribution in [0.5, 0.6) is 0 Å². The normalized spacial score (nSPS) is 15.5. The highest BCUT2D eigenvalue weighted by atomic mass is 19.1. The number of benzene rings is 2. The summed E-state index contributed by atoms with van der Waals surface area (Å²) in [5, 5.41) is 0. The van der Waals surface area contributed by atoms with E-state index in [1.165, 1.54) is 4.90 Å². The number of urea groups is 1. The number of nitrogens with zero attached hydrogens (tertiary/aromatic N) is 4. The van der Waals surface area contributed by atoms with Crippen molar-refractivity contribution in [3.63, 3.8) is 0 Å². The Kier molecular flexibility index (Phi) is 8.45. The van der Waals surface area contributed by atoms with Crippen molar-refractivity contribution in [2.45, 2.75) is 52.4 Å². The van der Waals surface area contributed by atoms with Crippen molar-refractivity contribution in [2.24, 2.45) is 11.1 Å². The highest BCUT2D eigenvalue weighted by Crippen LogP contribution is 2.40. The van der Waals surface area contributed by atoms with Gasteiger partial charge in [0.05, 0.1) is 18.3 Å². The second-order valence-corrected chi connectivity index (χ2v) is 11.0. The Morgan fingerprint density at radius 2 is 1.79 bits per heavy atom. The number of imidazole rings is 1. The number of carbonyl (C=O) groups is 1. The lowest BCUT2D eigenvalue weighted by molar-refractivity contribution is 0.0715. The molecule has 3 aromatic rings. The standard InChI is InChI=1S/C29H36F3N5O/c1-29(2,3)26(37(18-22(31)16-33)28(38)35-13-7-8-14-35)27-34-25(23-15-21(30)11-12-24(23)32)19-36(27)17-20-9-5-4-6-10-20/h4-6,9-12,15,19,22,26H,7-8,13-14,16-18,33H2,1-3H3/t22-,26-/m0/s1. The van der Waals surface area contributed by atoms with Crippen molar-refractivity contribution in [3.8, 4) is 11.3 Å². The van der Waals surface area contributed by atoms with Gasteiger partial charge in [-0.3, -0.25) is 0 Å². The maximum Gasteiger partial charge on any atom is 0.320 e. The monoisotopic (exact) mass is 527 g/mol. The van der Waals surface area contributed by atoms with Crippen LogP contribution in [0, 0.1) is 17.0 Å². The van der Waals surface area contributed by atoms with Gasteiger partial charge in [-0.15, -0.1) is 0 Å². The van der Waals surface area contributed by atoms with Crippen LogP contribution in [-0.2, 0) is 6.54 Å². The van der Waals surface area contributed by atoms with E-state index in [1.807, 2.05) is 55.7 Å². The van der Waals surface area contributed by atoms with Crippen molar-refractivity contribution in [2.75, 3.05) is 26.2 Å². The van der Waals surface area contributed by atoms with Crippen molar-refractivity contribution >= 4 is 6.03 Å². The summed E-state index contributed by atoms with van der Waals surface area (Å²) < 4.78 is 45.6. The zero-order valence-electron chi connectivity index (χ0n) is 22.2. The van der Waals surface area contributed by atoms with E-state index in [1.54, 1.807) is 11.1 Å². The number of amides is 2. The highest BCUT2D eigenvalue weighted by Gasteiger charge is 2.41. The number of nitrogens with two attached hydrogens (primary N) is 1. The molecule has 1 saturated heterocycles. The Balaban J connectivity index is 1.88. The topological polar surface area (TPSA) is 67.4 Å². The zero-order valence-corrected chi connectivity index (χ0v) is 22.2. The number of carbonyl (C=O) groups excluding carboxylic acids is 1. The quantitative estimate of drug-likeness (QED) is 0.404. The second kappa shape index (κ2) is 11.6. The Morgan fingerprint density at radius 1 is 1.11 bits per heavy atom. The number of halogens is 3. The molecule has 1 fully saturated rings. The summed E-state index contributed by atoms with van der Waals surface area (Å²) in [4.78, 5) is 21.9. The number of rotatable bonds is 8. The average Bonchev–Trinajstić information content (AvgIpc) is 3.55. The molecule has 2 heterocycles. The molecule has 0 spiro atoms. The predicted octanol–water partition coefficient (Wildman–Crippen LogP) is 5.78. The van der Waals surface area contributed by atoms with E-state index in [9.17, 15) is 18.0 Å². The van der Waals surface area contributed by atoms with Gasteiger partial charge in [-0.25, -0.2) is 22.9 Å². The number of hydrogen-bond donors (Lipinski definition) is 1. The fraction of sp³-hybridized carbons (Fsp3) is 0.448. The molecule has 9 heteroatoms. The van der Waals surface area contributed by atoms with Crippen LogP contribution in [0.3, 0.4) is 0 Å². The number of aromatic nitrogens is 2. The molecule has 6 nitrogen and oxygen atoms in total. The van der Waals surface area contributed by atoms with Gasteiger partial charge in [0, 0.05) is 37.9 Å². The predicted molar refractivity (Wildman–Crippen MR) is 142 cm³/mol. The van der Waals surface area contributed by atoms with Crippen LogP contribution in [0.25, 0.3) is 11.3 Å². The molecule has 0 unspecified atom stereocenters. The summed E-state index contributed by atoms with van der Waals surface area (Å²) in [6.45, 7) is 7.04. The van der Waals surface area contributed by atoms with Gasteiger partial charge in [0.25, 0.3) is 0 Å². The maximum absolute atomic E-state index is 14.9. The zero-order chi connectivity index (χ0) is 27.4. The Morgan fingerprint density at radius 3 is 2.42 bits per heavy atom. The average molecular weight is 528 g/mol. The first-order valence-electron chi connectivity index (χ1n) is 13.0. The third-order valence-electron chi connectivity index (χ3n) is 6.86. The molecular weight excluding hydrogens is 491 g/mol. The number of hydrogen-bond acceptors (Lipinski definition) is 3. The molecule has 2 amide bonds. The van der Waals surface area contributed by atoms with Gasteiger partial charge in [-0.05, 0) is 42.0 Å². The summed E-state index contributed by atoms with van der Waals surface area (Å²) in [5.41, 5.74) is 6.29. The molecule has 1 aliphatic rings. The molecule has 204 valence electrons. The van der Waals surface area contributed by atoms with Gasteiger partial charge < -0.3 is 20.1 Å². The van der Waals surface area contributed by atoms with Gasteiger partial charge in [0.2, 0.25) is 0 Å². The SMILES string of the molecule is CC(C)(C)[C@H](c1nc(-c2cc(F)ccc2F)cn1Cc1ccccc1)N(C[C@@H](F)CN)C(=O)N1CCCC1. The lowest BCUT2D eigenvalue weighted by Gasteiger charge is -2.42. The first-order valence-corrected chi connectivity index (χ1v) is 13.0. The Labute approximate surface area is 222 Å². The summed E-state index contributed by atoms with van der Waals surface area (Å²) in [7, 11) is 0. The molecule has 2 atom stereocenters. The van der Waals surface area contributed by atoms with Crippen molar-refractivity contribution < 1.29 is 18.0 Å². The highest BCUT2D eigenvalue weighted by molar-refractivity contribution is 5.75. The van der Waals surface area contributed by atoms with E-state index < -0.39 is 29.3 Å². The van der Waals surface area contributed by atoms with Crippen molar-refractivity contribution in [1.82, 2.24) is 19.4 Å². The van der Waals surface area contributed by atoms with Crippen LogP contribution in [0.15, 0.2) is 54.7 Å². The molecule has 0 saturated carbocycles. The second-order valence-electron chi connectivity index (χ2n) is 11.0. The largest absolute Gasteiger partial charge is 0.328 e. The van der Waals surface area contributed by atoms with Crippen LogP contribution in [-0.4, -0.2) is 57.7 Å². The first-order chi connectivity index (χ1) is 18.1. The molecule has 2 N–H and O–H groups in total. The molecular formula is C29H36F3N5O. The summed E-state index contributed by atoms with van der Waals surface area (Å²) in [6, 6.07) is 11.9. The summed E-state index contributed by atoms with van der Waals surface area (Å²) in [6.07, 6.45) is 2.03. The van der Waals surface area contributed by atoms with Gasteiger partial charge in [0.1, 0.15) is 23.6 Å². The van der Waals surface area contributed by atoms with E-state index in [0.29, 0.717) is 25.5 Å². The lowest BCUT2D eigenvalue weighted by atomic mass is 9.84.